The fourth-order valence-electron chi connectivity index (χ4n) is 1.71. The zero-order chi connectivity index (χ0) is 13.8. The second kappa shape index (κ2) is 5.89. The van der Waals surface area contributed by atoms with E-state index in [4.69, 9.17) is 11.6 Å². The maximum absolute atomic E-state index is 6.12. The SMILES string of the molecule is CCNc1ncc(Cl)c(Nc2cccc(C)c2C)n1. The van der Waals surface area contributed by atoms with E-state index in [9.17, 15) is 0 Å². The minimum atomic E-state index is 0.502. The molecule has 0 unspecified atom stereocenters. The van der Waals surface area contributed by atoms with Crippen LogP contribution in [0.5, 0.6) is 0 Å². The molecule has 2 aromatic rings. The molecule has 1 aromatic carbocycles. The average molecular weight is 277 g/mol. The van der Waals surface area contributed by atoms with Crippen molar-refractivity contribution in [2.24, 2.45) is 0 Å². The quantitative estimate of drug-likeness (QED) is 0.889. The molecule has 0 aliphatic heterocycles. The Labute approximate surface area is 118 Å². The lowest BCUT2D eigenvalue weighted by molar-refractivity contribution is 1.09. The molecule has 4 nitrogen and oxygen atoms in total. The van der Waals surface area contributed by atoms with Gasteiger partial charge in [-0.15, -0.1) is 0 Å². The summed E-state index contributed by atoms with van der Waals surface area (Å²) in [5.74, 6) is 1.18. The molecular formula is C14H17ClN4. The summed E-state index contributed by atoms with van der Waals surface area (Å²) in [4.78, 5) is 8.48. The van der Waals surface area contributed by atoms with Crippen LogP contribution >= 0.6 is 11.6 Å². The largest absolute Gasteiger partial charge is 0.354 e. The molecule has 19 heavy (non-hydrogen) atoms. The number of hydrogen-bond donors (Lipinski definition) is 2. The van der Waals surface area contributed by atoms with E-state index in [2.05, 4.69) is 40.5 Å². The number of aryl methyl sites for hydroxylation is 1. The summed E-state index contributed by atoms with van der Waals surface area (Å²) in [6.07, 6.45) is 1.60. The van der Waals surface area contributed by atoms with Gasteiger partial charge in [0.25, 0.3) is 0 Å². The first-order chi connectivity index (χ1) is 9.11. The van der Waals surface area contributed by atoms with Crippen molar-refractivity contribution in [3.05, 3.63) is 40.5 Å². The molecule has 1 aromatic heterocycles. The normalized spacial score (nSPS) is 10.3. The lowest BCUT2D eigenvalue weighted by atomic mass is 10.1. The second-order valence-electron chi connectivity index (χ2n) is 4.29. The average Bonchev–Trinajstić information content (AvgIpc) is 2.39. The van der Waals surface area contributed by atoms with Crippen LogP contribution in [-0.4, -0.2) is 16.5 Å². The first-order valence-corrected chi connectivity index (χ1v) is 6.59. The maximum atomic E-state index is 6.12. The number of benzene rings is 1. The zero-order valence-corrected chi connectivity index (χ0v) is 12.0. The third kappa shape index (κ3) is 3.15. The number of anilines is 3. The van der Waals surface area contributed by atoms with Crippen LogP contribution in [0.15, 0.2) is 24.4 Å². The summed E-state index contributed by atoms with van der Waals surface area (Å²) >= 11 is 6.12. The Morgan fingerprint density at radius 2 is 2.05 bits per heavy atom. The van der Waals surface area contributed by atoms with Crippen LogP contribution in [0.4, 0.5) is 17.5 Å². The summed E-state index contributed by atoms with van der Waals surface area (Å²) in [5.41, 5.74) is 3.41. The van der Waals surface area contributed by atoms with Gasteiger partial charge in [0, 0.05) is 12.2 Å². The lowest BCUT2D eigenvalue weighted by Gasteiger charge is -2.12. The molecule has 0 radical (unpaired) electrons. The number of halogens is 1. The Kier molecular flexibility index (Phi) is 4.22. The molecule has 0 atom stereocenters. The number of nitrogens with one attached hydrogen (secondary N) is 2. The summed E-state index contributed by atoms with van der Waals surface area (Å²) in [5, 5.41) is 6.83. The van der Waals surface area contributed by atoms with Crippen molar-refractivity contribution >= 4 is 29.1 Å². The third-order valence-corrected chi connectivity index (χ3v) is 3.21. The smallest absolute Gasteiger partial charge is 0.224 e. The van der Waals surface area contributed by atoms with Crippen LogP contribution in [0.2, 0.25) is 5.02 Å². The molecule has 100 valence electrons. The standard InChI is InChI=1S/C14H17ClN4/c1-4-16-14-17-8-11(15)13(19-14)18-12-7-5-6-9(2)10(12)3/h5-8H,4H2,1-3H3,(H2,16,17,18,19). The van der Waals surface area contributed by atoms with Gasteiger partial charge >= 0.3 is 0 Å². The van der Waals surface area contributed by atoms with Crippen molar-refractivity contribution in [3.63, 3.8) is 0 Å². The number of hydrogen-bond acceptors (Lipinski definition) is 4. The molecule has 1 heterocycles. The van der Waals surface area contributed by atoms with Crippen molar-refractivity contribution in [2.45, 2.75) is 20.8 Å². The van der Waals surface area contributed by atoms with E-state index in [0.29, 0.717) is 16.8 Å². The maximum Gasteiger partial charge on any atom is 0.224 e. The highest BCUT2D eigenvalue weighted by Crippen LogP contribution is 2.26. The first-order valence-electron chi connectivity index (χ1n) is 6.21. The molecule has 5 heteroatoms. The monoisotopic (exact) mass is 276 g/mol. The van der Waals surface area contributed by atoms with Gasteiger partial charge in [0.1, 0.15) is 5.02 Å². The Morgan fingerprint density at radius 3 is 2.79 bits per heavy atom. The van der Waals surface area contributed by atoms with E-state index in [1.165, 1.54) is 11.1 Å². The summed E-state index contributed by atoms with van der Waals surface area (Å²) in [6, 6.07) is 6.09. The van der Waals surface area contributed by atoms with Crippen LogP contribution in [0.1, 0.15) is 18.1 Å². The van der Waals surface area contributed by atoms with Gasteiger partial charge in [0.05, 0.1) is 6.20 Å². The van der Waals surface area contributed by atoms with Crippen molar-refractivity contribution < 1.29 is 0 Å². The van der Waals surface area contributed by atoms with E-state index in [1.54, 1.807) is 6.20 Å². The Bertz CT molecular complexity index is 584. The number of aromatic nitrogens is 2. The predicted molar refractivity (Wildman–Crippen MR) is 80.4 cm³/mol. The zero-order valence-electron chi connectivity index (χ0n) is 11.3. The van der Waals surface area contributed by atoms with Gasteiger partial charge in [-0.3, -0.25) is 0 Å². The van der Waals surface area contributed by atoms with Gasteiger partial charge in [-0.2, -0.15) is 4.98 Å². The highest BCUT2D eigenvalue weighted by molar-refractivity contribution is 6.32. The van der Waals surface area contributed by atoms with Crippen molar-refractivity contribution in [2.75, 3.05) is 17.2 Å². The minimum Gasteiger partial charge on any atom is -0.354 e. The van der Waals surface area contributed by atoms with Crippen LogP contribution in [0, 0.1) is 13.8 Å². The topological polar surface area (TPSA) is 49.8 Å². The van der Waals surface area contributed by atoms with Crippen molar-refractivity contribution in [3.8, 4) is 0 Å². The number of rotatable bonds is 4. The highest BCUT2D eigenvalue weighted by Gasteiger charge is 2.07. The molecule has 0 aliphatic carbocycles. The second-order valence-corrected chi connectivity index (χ2v) is 4.70. The molecule has 0 saturated heterocycles. The van der Waals surface area contributed by atoms with E-state index >= 15 is 0 Å². The highest BCUT2D eigenvalue weighted by atomic mass is 35.5. The predicted octanol–water partition coefficient (Wildman–Crippen LogP) is 3.92. The van der Waals surface area contributed by atoms with E-state index < -0.39 is 0 Å². The Hall–Kier alpha value is -1.81. The van der Waals surface area contributed by atoms with Gasteiger partial charge in [-0.25, -0.2) is 4.98 Å². The lowest BCUT2D eigenvalue weighted by Crippen LogP contribution is -2.05. The molecule has 0 spiro atoms. The van der Waals surface area contributed by atoms with Gasteiger partial charge in [-0.1, -0.05) is 23.7 Å². The van der Waals surface area contributed by atoms with Crippen molar-refractivity contribution in [1.29, 1.82) is 0 Å². The molecule has 0 amide bonds. The third-order valence-electron chi connectivity index (χ3n) is 2.94. The Balaban J connectivity index is 2.32. The van der Waals surface area contributed by atoms with Crippen LogP contribution in [-0.2, 0) is 0 Å². The molecule has 0 fully saturated rings. The molecular weight excluding hydrogens is 260 g/mol. The molecule has 0 aliphatic rings. The summed E-state index contributed by atoms with van der Waals surface area (Å²) in [6.45, 7) is 6.91. The van der Waals surface area contributed by atoms with Crippen LogP contribution in [0.25, 0.3) is 0 Å². The van der Waals surface area contributed by atoms with Gasteiger partial charge < -0.3 is 10.6 Å². The summed E-state index contributed by atoms with van der Waals surface area (Å²) < 4.78 is 0. The van der Waals surface area contributed by atoms with E-state index in [0.717, 1.165) is 12.2 Å². The molecule has 2 N–H and O–H groups in total. The van der Waals surface area contributed by atoms with Crippen LogP contribution < -0.4 is 10.6 Å². The molecule has 2 rings (SSSR count). The fourth-order valence-corrected chi connectivity index (χ4v) is 1.85. The fraction of sp³-hybridized carbons (Fsp3) is 0.286. The van der Waals surface area contributed by atoms with E-state index in [-0.39, 0.29) is 0 Å². The molecule has 0 bridgehead atoms. The first kappa shape index (κ1) is 13.6. The van der Waals surface area contributed by atoms with Gasteiger partial charge in [0.2, 0.25) is 5.95 Å². The number of nitrogens with zero attached hydrogens (tertiary/aromatic N) is 2. The van der Waals surface area contributed by atoms with Gasteiger partial charge in [0.15, 0.2) is 5.82 Å². The van der Waals surface area contributed by atoms with Gasteiger partial charge in [-0.05, 0) is 38.0 Å². The van der Waals surface area contributed by atoms with Crippen LogP contribution in [0.3, 0.4) is 0 Å². The minimum absolute atomic E-state index is 0.502. The van der Waals surface area contributed by atoms with E-state index in [1.807, 2.05) is 19.1 Å². The Morgan fingerprint density at radius 1 is 1.26 bits per heavy atom. The summed E-state index contributed by atoms with van der Waals surface area (Å²) in [7, 11) is 0. The van der Waals surface area contributed by atoms with Crippen molar-refractivity contribution in [1.82, 2.24) is 9.97 Å². The molecule has 0 saturated carbocycles.